The summed E-state index contributed by atoms with van der Waals surface area (Å²) in [5, 5.41) is 5.27. The highest BCUT2D eigenvalue weighted by Crippen LogP contribution is 2.55. The Morgan fingerprint density at radius 1 is 0.594 bits per heavy atom. The molecule has 0 unspecified atom stereocenters. The Kier molecular flexibility index (Phi) is 7.26. The van der Waals surface area contributed by atoms with Gasteiger partial charge in [0.1, 0.15) is 0 Å². The van der Waals surface area contributed by atoms with Gasteiger partial charge in [0.2, 0.25) is 0 Å². The number of benzene rings is 8. The summed E-state index contributed by atoms with van der Waals surface area (Å²) in [6.45, 7) is 16.4. The first kappa shape index (κ1) is 36.9. The van der Waals surface area contributed by atoms with Crippen molar-refractivity contribution in [2.24, 2.45) is 0 Å². The number of thioether (sulfide) groups is 1. The highest BCUT2D eigenvalue weighted by Gasteiger charge is 2.46. The SMILES string of the molecule is C=C1C=C(c2ccccc2)Sc2cc3c(cc21)B1c2c(ccc4c5cc6c(cc5n-3c24)sc2ccccc26)-c2cc3c(cc2N1c1ccc(C(C)(C)C)cc1)-c1ccccc1C3(C)C. The second-order valence-electron chi connectivity index (χ2n) is 19.8. The van der Waals surface area contributed by atoms with Crippen LogP contribution < -0.4 is 15.7 Å². The van der Waals surface area contributed by atoms with E-state index in [1.165, 1.54) is 130 Å². The van der Waals surface area contributed by atoms with Gasteiger partial charge < -0.3 is 9.38 Å². The summed E-state index contributed by atoms with van der Waals surface area (Å²) in [4.78, 5) is 5.17. The summed E-state index contributed by atoms with van der Waals surface area (Å²) in [6, 6.07) is 58.2. The number of hydrogen-bond acceptors (Lipinski definition) is 3. The van der Waals surface area contributed by atoms with Crippen LogP contribution in [0.15, 0.2) is 169 Å². The van der Waals surface area contributed by atoms with Gasteiger partial charge in [0.25, 0.3) is 0 Å². The molecule has 0 saturated carbocycles. The normalized spacial score (nSPS) is 15.4. The van der Waals surface area contributed by atoms with Crippen LogP contribution in [0.5, 0.6) is 0 Å². The van der Waals surface area contributed by atoms with Crippen LogP contribution in [0.2, 0.25) is 0 Å². The molecule has 0 radical (unpaired) electrons. The molecule has 0 atom stereocenters. The van der Waals surface area contributed by atoms with E-state index in [1.54, 1.807) is 0 Å². The van der Waals surface area contributed by atoms with Crippen molar-refractivity contribution in [1.82, 2.24) is 4.57 Å². The Bertz CT molecular complexity index is 3780. The van der Waals surface area contributed by atoms with Crippen LogP contribution in [0.4, 0.5) is 11.4 Å². The van der Waals surface area contributed by atoms with Gasteiger partial charge in [-0.25, -0.2) is 0 Å². The van der Waals surface area contributed by atoms with Crippen molar-refractivity contribution in [3.63, 3.8) is 0 Å². The van der Waals surface area contributed by atoms with Crippen LogP contribution in [-0.4, -0.2) is 11.4 Å². The van der Waals surface area contributed by atoms with E-state index in [1.807, 2.05) is 23.1 Å². The first-order valence-corrected chi connectivity index (χ1v) is 24.1. The quantitative estimate of drug-likeness (QED) is 0.160. The van der Waals surface area contributed by atoms with Crippen molar-refractivity contribution in [1.29, 1.82) is 0 Å². The highest BCUT2D eigenvalue weighted by molar-refractivity contribution is 8.08. The van der Waals surface area contributed by atoms with E-state index >= 15 is 0 Å². The number of fused-ring (bicyclic) bond motifs is 15. The molecule has 5 heteroatoms. The van der Waals surface area contributed by atoms with Gasteiger partial charge in [-0.15, -0.1) is 11.3 Å². The van der Waals surface area contributed by atoms with E-state index in [4.69, 9.17) is 6.58 Å². The molecule has 8 aromatic carbocycles. The van der Waals surface area contributed by atoms with Crippen LogP contribution in [0, 0.1) is 0 Å². The second-order valence-corrected chi connectivity index (χ2v) is 22.0. The van der Waals surface area contributed by atoms with Crippen molar-refractivity contribution in [2.45, 2.75) is 50.3 Å². The smallest absolute Gasteiger partial charge is 0.333 e. The van der Waals surface area contributed by atoms with Crippen LogP contribution in [-0.2, 0) is 10.8 Å². The monoisotopic (exact) mass is 854 g/mol. The second kappa shape index (κ2) is 12.6. The zero-order chi connectivity index (χ0) is 43.0. The van der Waals surface area contributed by atoms with Gasteiger partial charge in [-0.3, -0.25) is 0 Å². The van der Waals surface area contributed by atoms with Gasteiger partial charge in [0, 0.05) is 68.8 Å². The van der Waals surface area contributed by atoms with E-state index in [2.05, 4.69) is 202 Å². The molecule has 64 heavy (non-hydrogen) atoms. The standard InChI is InChI=1S/C59H43BN2S2/c1-33-26-53(34-14-8-7-9-15-34)64-54-32-51-48(29-41(33)54)60-56-39(24-25-40-43-27-45-38-17-11-13-19-52(38)63-55(45)31-49(43)61(51)57(40)56)44-28-47-42(37-16-10-12-18-46(37)59(47,5)6)30-50(44)62(60)36-22-20-35(21-23-36)58(2,3)4/h7-32H,1H2,2-6H3. The molecular weight excluding hydrogens is 812 g/mol. The molecule has 3 aliphatic heterocycles. The Balaban J connectivity index is 1.12. The van der Waals surface area contributed by atoms with Crippen molar-refractivity contribution < 1.29 is 0 Å². The van der Waals surface area contributed by atoms with Crippen molar-refractivity contribution >= 4 is 105 Å². The summed E-state index contributed by atoms with van der Waals surface area (Å²) in [5.74, 6) is 0. The largest absolute Gasteiger partial charge is 0.376 e. The number of thiophene rings is 1. The number of hydrogen-bond donors (Lipinski definition) is 0. The third kappa shape index (κ3) is 4.84. The van der Waals surface area contributed by atoms with Gasteiger partial charge in [0.15, 0.2) is 0 Å². The Labute approximate surface area is 382 Å². The van der Waals surface area contributed by atoms with Gasteiger partial charge in [-0.1, -0.05) is 156 Å². The average molecular weight is 855 g/mol. The molecule has 10 aromatic rings. The minimum Gasteiger partial charge on any atom is -0.376 e. The summed E-state index contributed by atoms with van der Waals surface area (Å²) >= 11 is 3.77. The Morgan fingerprint density at radius 3 is 2.20 bits per heavy atom. The zero-order valence-electron chi connectivity index (χ0n) is 36.5. The number of rotatable bonds is 2. The first-order chi connectivity index (χ1) is 31.0. The summed E-state index contributed by atoms with van der Waals surface area (Å²) in [5.41, 5.74) is 21.8. The minimum atomic E-state index is -0.127. The predicted octanol–water partition coefficient (Wildman–Crippen LogP) is 15.2. The summed E-state index contributed by atoms with van der Waals surface area (Å²) in [6.07, 6.45) is 2.29. The van der Waals surface area contributed by atoms with E-state index in [-0.39, 0.29) is 17.7 Å². The highest BCUT2D eigenvalue weighted by atomic mass is 32.2. The number of aromatic nitrogens is 1. The molecular formula is C59H43BN2S2. The average Bonchev–Trinajstić information content (AvgIpc) is 3.91. The van der Waals surface area contributed by atoms with Gasteiger partial charge >= 0.3 is 6.85 Å². The third-order valence-electron chi connectivity index (χ3n) is 14.9. The molecule has 1 aliphatic carbocycles. The number of allylic oxidation sites excluding steroid dienone is 2. The maximum atomic E-state index is 4.75. The van der Waals surface area contributed by atoms with Crippen LogP contribution >= 0.6 is 23.1 Å². The molecule has 14 rings (SSSR count). The van der Waals surface area contributed by atoms with E-state index < -0.39 is 0 Å². The number of anilines is 2. The lowest BCUT2D eigenvalue weighted by molar-refractivity contribution is 0.590. The van der Waals surface area contributed by atoms with Gasteiger partial charge in [-0.05, 0) is 121 Å². The Hall–Kier alpha value is -6.53. The molecule has 5 heterocycles. The first-order valence-electron chi connectivity index (χ1n) is 22.5. The zero-order valence-corrected chi connectivity index (χ0v) is 38.1. The fourth-order valence-electron chi connectivity index (χ4n) is 11.7. The lowest BCUT2D eigenvalue weighted by Gasteiger charge is -2.43. The lowest BCUT2D eigenvalue weighted by atomic mass is 9.43. The van der Waals surface area contributed by atoms with Crippen molar-refractivity contribution in [2.75, 3.05) is 4.81 Å². The van der Waals surface area contributed by atoms with Gasteiger partial charge in [-0.2, -0.15) is 0 Å². The van der Waals surface area contributed by atoms with Crippen molar-refractivity contribution in [3.8, 4) is 27.9 Å². The molecule has 4 aliphatic rings. The number of nitrogens with zero attached hydrogens (tertiary/aromatic N) is 2. The fourth-order valence-corrected chi connectivity index (χ4v) is 14.0. The molecule has 2 nitrogen and oxygen atoms in total. The summed E-state index contributed by atoms with van der Waals surface area (Å²) in [7, 11) is 0. The maximum absolute atomic E-state index is 4.75. The van der Waals surface area contributed by atoms with Crippen LogP contribution in [0.3, 0.4) is 0 Å². The van der Waals surface area contributed by atoms with E-state index in [9.17, 15) is 0 Å². The maximum Gasteiger partial charge on any atom is 0.333 e. The molecule has 0 bridgehead atoms. The van der Waals surface area contributed by atoms with Crippen LogP contribution in [0.25, 0.3) is 80.4 Å². The third-order valence-corrected chi connectivity index (χ3v) is 17.1. The molecule has 0 fully saturated rings. The van der Waals surface area contributed by atoms with E-state index in [0.29, 0.717) is 0 Å². The summed E-state index contributed by atoms with van der Waals surface area (Å²) < 4.78 is 5.29. The van der Waals surface area contributed by atoms with Crippen LogP contribution in [0.1, 0.15) is 62.4 Å². The minimum absolute atomic E-state index is 0.0356. The Morgan fingerprint density at radius 2 is 1.38 bits per heavy atom. The van der Waals surface area contributed by atoms with Gasteiger partial charge in [0.05, 0.1) is 11.0 Å². The molecule has 0 spiro atoms. The van der Waals surface area contributed by atoms with E-state index in [0.717, 1.165) is 5.57 Å². The molecule has 0 saturated heterocycles. The predicted molar refractivity (Wildman–Crippen MR) is 278 cm³/mol. The molecule has 0 N–H and O–H groups in total. The topological polar surface area (TPSA) is 8.17 Å². The lowest BCUT2D eigenvalue weighted by Crippen LogP contribution is -2.60. The van der Waals surface area contributed by atoms with Crippen molar-refractivity contribution in [3.05, 3.63) is 192 Å². The molecule has 304 valence electrons. The molecule has 0 amide bonds. The fraction of sp³-hybridized carbons (Fsp3) is 0.119. The molecule has 2 aromatic heterocycles.